The molecule has 0 aliphatic heterocycles. The Balaban J connectivity index is 2.21. The van der Waals surface area contributed by atoms with E-state index in [1.807, 2.05) is 6.92 Å². The van der Waals surface area contributed by atoms with Gasteiger partial charge in [0.2, 0.25) is 0 Å². The standard InChI is InChI=1S/C16H23N3O4/c1-5-17-16(22)19(11-6-7-11)8-12(20)13-9(2)14(15(21)23-4)18-10(13)3/h11,18H,5-8H2,1-4H3,(H,17,22). The van der Waals surface area contributed by atoms with Gasteiger partial charge in [-0.15, -0.1) is 0 Å². The van der Waals surface area contributed by atoms with Gasteiger partial charge < -0.3 is 19.9 Å². The zero-order valence-corrected chi connectivity index (χ0v) is 14.0. The van der Waals surface area contributed by atoms with Crippen molar-refractivity contribution in [2.75, 3.05) is 20.2 Å². The summed E-state index contributed by atoms with van der Waals surface area (Å²) in [5.74, 6) is -0.683. The number of aromatic nitrogens is 1. The molecule has 1 aromatic heterocycles. The molecule has 0 atom stereocenters. The third-order valence-electron chi connectivity index (χ3n) is 4.00. The van der Waals surface area contributed by atoms with Crippen molar-refractivity contribution >= 4 is 17.8 Å². The van der Waals surface area contributed by atoms with Gasteiger partial charge in [0, 0.05) is 23.8 Å². The number of aromatic amines is 1. The quantitative estimate of drug-likeness (QED) is 0.617. The molecule has 1 fully saturated rings. The average molecular weight is 321 g/mol. The molecule has 0 radical (unpaired) electrons. The minimum atomic E-state index is -0.507. The van der Waals surface area contributed by atoms with E-state index in [0.717, 1.165) is 12.8 Å². The second-order valence-electron chi connectivity index (χ2n) is 5.73. The van der Waals surface area contributed by atoms with Crippen LogP contribution in [0, 0.1) is 13.8 Å². The summed E-state index contributed by atoms with van der Waals surface area (Å²) < 4.78 is 4.71. The summed E-state index contributed by atoms with van der Waals surface area (Å²) >= 11 is 0. The molecule has 23 heavy (non-hydrogen) atoms. The smallest absolute Gasteiger partial charge is 0.354 e. The summed E-state index contributed by atoms with van der Waals surface area (Å²) in [4.78, 5) is 41.0. The van der Waals surface area contributed by atoms with E-state index >= 15 is 0 Å². The molecular formula is C16H23N3O4. The maximum Gasteiger partial charge on any atom is 0.354 e. The lowest BCUT2D eigenvalue weighted by Gasteiger charge is -2.21. The zero-order chi connectivity index (χ0) is 17.1. The third kappa shape index (κ3) is 3.55. The molecular weight excluding hydrogens is 298 g/mol. The fourth-order valence-electron chi connectivity index (χ4n) is 2.71. The topological polar surface area (TPSA) is 91.5 Å². The van der Waals surface area contributed by atoms with E-state index < -0.39 is 5.97 Å². The Morgan fingerprint density at radius 3 is 2.48 bits per heavy atom. The number of methoxy groups -OCH3 is 1. The molecule has 1 aliphatic carbocycles. The van der Waals surface area contributed by atoms with Gasteiger partial charge in [0.05, 0.1) is 13.7 Å². The van der Waals surface area contributed by atoms with Crippen molar-refractivity contribution in [1.29, 1.82) is 0 Å². The monoisotopic (exact) mass is 321 g/mol. The van der Waals surface area contributed by atoms with Crippen molar-refractivity contribution < 1.29 is 19.1 Å². The van der Waals surface area contributed by atoms with E-state index in [-0.39, 0.29) is 30.1 Å². The highest BCUT2D eigenvalue weighted by Crippen LogP contribution is 2.28. The Morgan fingerprint density at radius 1 is 1.30 bits per heavy atom. The summed E-state index contributed by atoms with van der Waals surface area (Å²) in [6.07, 6.45) is 1.84. The number of ether oxygens (including phenoxy) is 1. The van der Waals surface area contributed by atoms with E-state index in [0.29, 0.717) is 23.4 Å². The Hall–Kier alpha value is -2.31. The first-order valence-electron chi connectivity index (χ1n) is 7.75. The number of Topliss-reactive ketones (excluding diaryl/α,β-unsaturated/α-hetero) is 1. The highest BCUT2D eigenvalue weighted by molar-refractivity contribution is 6.04. The molecule has 0 aromatic carbocycles. The molecule has 1 heterocycles. The summed E-state index contributed by atoms with van der Waals surface area (Å²) in [6, 6.07) is -0.0903. The van der Waals surface area contributed by atoms with E-state index in [1.54, 1.807) is 18.7 Å². The number of hydrogen-bond donors (Lipinski definition) is 2. The molecule has 0 saturated heterocycles. The highest BCUT2D eigenvalue weighted by atomic mass is 16.5. The van der Waals surface area contributed by atoms with Crippen LogP contribution in [0.4, 0.5) is 4.79 Å². The van der Waals surface area contributed by atoms with Gasteiger partial charge in [0.1, 0.15) is 5.69 Å². The normalized spacial score (nSPS) is 13.6. The molecule has 7 nitrogen and oxygen atoms in total. The average Bonchev–Trinajstić information content (AvgIpc) is 3.29. The summed E-state index contributed by atoms with van der Waals surface area (Å²) in [5, 5.41) is 2.74. The molecule has 2 rings (SSSR count). The lowest BCUT2D eigenvalue weighted by Crippen LogP contribution is -2.44. The van der Waals surface area contributed by atoms with Crippen LogP contribution in [-0.2, 0) is 4.74 Å². The fourth-order valence-corrected chi connectivity index (χ4v) is 2.71. The number of H-pyrrole nitrogens is 1. The number of rotatable bonds is 6. The van der Waals surface area contributed by atoms with Gasteiger partial charge in [-0.2, -0.15) is 0 Å². The van der Waals surface area contributed by atoms with Crippen LogP contribution in [0.15, 0.2) is 0 Å². The number of carbonyl (C=O) groups is 3. The SMILES string of the molecule is CCNC(=O)N(CC(=O)c1c(C)[nH]c(C(=O)OC)c1C)C1CC1. The first-order chi connectivity index (χ1) is 10.9. The number of amides is 2. The molecule has 126 valence electrons. The van der Waals surface area contributed by atoms with Gasteiger partial charge in [-0.25, -0.2) is 9.59 Å². The number of ketones is 1. The van der Waals surface area contributed by atoms with Gasteiger partial charge >= 0.3 is 12.0 Å². The minimum Gasteiger partial charge on any atom is -0.464 e. The highest BCUT2D eigenvalue weighted by Gasteiger charge is 2.35. The lowest BCUT2D eigenvalue weighted by atomic mass is 10.1. The molecule has 0 bridgehead atoms. The van der Waals surface area contributed by atoms with Crippen molar-refractivity contribution in [3.63, 3.8) is 0 Å². The predicted octanol–water partition coefficient (Wildman–Crippen LogP) is 1.79. The Labute approximate surface area is 135 Å². The lowest BCUT2D eigenvalue weighted by molar-refractivity contribution is 0.0593. The van der Waals surface area contributed by atoms with Crippen molar-refractivity contribution in [3.8, 4) is 0 Å². The first-order valence-corrected chi connectivity index (χ1v) is 7.75. The minimum absolute atomic E-state index is 0.0106. The Morgan fingerprint density at radius 2 is 1.96 bits per heavy atom. The van der Waals surface area contributed by atoms with Crippen molar-refractivity contribution in [2.45, 2.75) is 39.7 Å². The third-order valence-corrected chi connectivity index (χ3v) is 4.00. The second kappa shape index (κ2) is 6.85. The molecule has 7 heteroatoms. The predicted molar refractivity (Wildman–Crippen MR) is 84.7 cm³/mol. The van der Waals surface area contributed by atoms with Crippen molar-refractivity contribution in [2.24, 2.45) is 0 Å². The van der Waals surface area contributed by atoms with E-state index in [9.17, 15) is 14.4 Å². The number of carbonyl (C=O) groups excluding carboxylic acids is 3. The Kier molecular flexibility index (Phi) is 5.08. The zero-order valence-electron chi connectivity index (χ0n) is 14.0. The van der Waals surface area contributed by atoms with E-state index in [1.165, 1.54) is 7.11 Å². The van der Waals surface area contributed by atoms with Crippen LogP contribution in [0.2, 0.25) is 0 Å². The summed E-state index contributed by atoms with van der Waals surface area (Å²) in [5.41, 5.74) is 1.91. The van der Waals surface area contributed by atoms with Gasteiger partial charge in [0.15, 0.2) is 5.78 Å². The summed E-state index contributed by atoms with van der Waals surface area (Å²) in [6.45, 7) is 5.81. The van der Waals surface area contributed by atoms with Crippen LogP contribution < -0.4 is 5.32 Å². The first kappa shape index (κ1) is 17.1. The number of nitrogens with zero attached hydrogens (tertiary/aromatic N) is 1. The molecule has 2 N–H and O–H groups in total. The number of aryl methyl sites for hydroxylation is 1. The van der Waals surface area contributed by atoms with Gasteiger partial charge in [-0.05, 0) is 39.2 Å². The van der Waals surface area contributed by atoms with Gasteiger partial charge in [0.25, 0.3) is 0 Å². The number of urea groups is 1. The van der Waals surface area contributed by atoms with Crippen molar-refractivity contribution in [3.05, 3.63) is 22.5 Å². The van der Waals surface area contributed by atoms with Crippen molar-refractivity contribution in [1.82, 2.24) is 15.2 Å². The van der Waals surface area contributed by atoms with Crippen LogP contribution in [-0.4, -0.2) is 53.9 Å². The van der Waals surface area contributed by atoms with Crippen LogP contribution in [0.25, 0.3) is 0 Å². The van der Waals surface area contributed by atoms with Gasteiger partial charge in [-0.3, -0.25) is 4.79 Å². The van der Waals surface area contributed by atoms with Gasteiger partial charge in [-0.1, -0.05) is 0 Å². The maximum absolute atomic E-state index is 12.7. The number of hydrogen-bond acceptors (Lipinski definition) is 4. The van der Waals surface area contributed by atoms with Crippen LogP contribution in [0.3, 0.4) is 0 Å². The maximum atomic E-state index is 12.7. The second-order valence-corrected chi connectivity index (χ2v) is 5.73. The molecule has 1 saturated carbocycles. The van der Waals surface area contributed by atoms with Crippen LogP contribution in [0.5, 0.6) is 0 Å². The number of nitrogens with one attached hydrogen (secondary N) is 2. The van der Waals surface area contributed by atoms with Crippen LogP contribution >= 0.6 is 0 Å². The van der Waals surface area contributed by atoms with E-state index in [2.05, 4.69) is 10.3 Å². The molecule has 0 spiro atoms. The van der Waals surface area contributed by atoms with Crippen LogP contribution in [0.1, 0.15) is 51.9 Å². The number of esters is 1. The molecule has 0 unspecified atom stereocenters. The largest absolute Gasteiger partial charge is 0.464 e. The summed E-state index contributed by atoms with van der Waals surface area (Å²) in [7, 11) is 1.29. The fraction of sp³-hybridized carbons (Fsp3) is 0.562. The molecule has 1 aliphatic rings. The Bertz CT molecular complexity index is 632. The molecule has 2 amide bonds. The van der Waals surface area contributed by atoms with E-state index in [4.69, 9.17) is 4.74 Å². The molecule has 1 aromatic rings.